The summed E-state index contributed by atoms with van der Waals surface area (Å²) in [6.45, 7) is 3.08. The normalized spacial score (nSPS) is 10.3. The molecule has 5 heteroatoms. The summed E-state index contributed by atoms with van der Waals surface area (Å²) in [5, 5.41) is 1.63. The maximum absolute atomic E-state index is 11.4. The second kappa shape index (κ2) is 8.37. The lowest BCUT2D eigenvalue weighted by Crippen LogP contribution is -2.36. The highest BCUT2D eigenvalue weighted by Crippen LogP contribution is 2.19. The fraction of sp³-hybridized carbons (Fsp3) is 0.500. The van der Waals surface area contributed by atoms with Crippen molar-refractivity contribution < 1.29 is 14.3 Å². The van der Waals surface area contributed by atoms with Gasteiger partial charge >= 0.3 is 0 Å². The number of amides is 1. The summed E-state index contributed by atoms with van der Waals surface area (Å²) < 4.78 is 11.0. The molecular weight excluding hydrogens is 244 g/mol. The van der Waals surface area contributed by atoms with E-state index in [0.29, 0.717) is 26.1 Å². The van der Waals surface area contributed by atoms with Crippen LogP contribution in [0.4, 0.5) is 0 Å². The Bertz CT molecular complexity index is 394. The largest absolute Gasteiger partial charge is 0.494 e. The molecule has 106 valence electrons. The molecule has 0 saturated heterocycles. The van der Waals surface area contributed by atoms with Gasteiger partial charge in [-0.25, -0.2) is 5.01 Å². The van der Waals surface area contributed by atoms with Gasteiger partial charge in [0.1, 0.15) is 11.5 Å². The minimum Gasteiger partial charge on any atom is -0.494 e. The van der Waals surface area contributed by atoms with Crippen molar-refractivity contribution in [2.45, 2.75) is 19.8 Å². The van der Waals surface area contributed by atoms with Crippen LogP contribution in [0.5, 0.6) is 11.5 Å². The van der Waals surface area contributed by atoms with Crippen molar-refractivity contribution in [1.29, 1.82) is 0 Å². The number of hydrazine groups is 1. The van der Waals surface area contributed by atoms with Gasteiger partial charge < -0.3 is 9.47 Å². The van der Waals surface area contributed by atoms with E-state index in [1.807, 2.05) is 31.2 Å². The lowest BCUT2D eigenvalue weighted by molar-refractivity contribution is -0.125. The first-order chi connectivity index (χ1) is 9.11. The van der Waals surface area contributed by atoms with Gasteiger partial charge in [0, 0.05) is 26.6 Å². The average Bonchev–Trinajstić information content (AvgIpc) is 2.35. The number of carbonyl (C=O) groups is 1. The molecule has 0 radical (unpaired) electrons. The smallest absolute Gasteiger partial charge is 0.234 e. The maximum Gasteiger partial charge on any atom is 0.234 e. The first-order valence-electron chi connectivity index (χ1n) is 6.44. The number of nitrogens with zero attached hydrogens (tertiary/aromatic N) is 1. The van der Waals surface area contributed by atoms with E-state index in [1.165, 1.54) is 0 Å². The molecule has 0 atom stereocenters. The Balaban J connectivity index is 2.25. The van der Waals surface area contributed by atoms with Crippen LogP contribution in [0.1, 0.15) is 19.8 Å². The second-order valence-corrected chi connectivity index (χ2v) is 4.29. The molecule has 5 nitrogen and oxygen atoms in total. The van der Waals surface area contributed by atoms with Crippen molar-refractivity contribution in [3.63, 3.8) is 0 Å². The average molecular weight is 266 g/mol. The van der Waals surface area contributed by atoms with E-state index in [9.17, 15) is 4.79 Å². The summed E-state index contributed by atoms with van der Waals surface area (Å²) in [5.74, 6) is 1.56. The summed E-state index contributed by atoms with van der Waals surface area (Å²) >= 11 is 0. The first-order valence-corrected chi connectivity index (χ1v) is 6.44. The molecule has 19 heavy (non-hydrogen) atoms. The topological polar surface area (TPSA) is 50.8 Å². The minimum atomic E-state index is -0.00309. The fourth-order valence-electron chi connectivity index (χ4n) is 1.55. The summed E-state index contributed by atoms with van der Waals surface area (Å²) in [6, 6.07) is 7.51. The molecule has 1 rings (SSSR count). The minimum absolute atomic E-state index is 0.00309. The van der Waals surface area contributed by atoms with E-state index in [0.717, 1.165) is 11.5 Å². The number of benzene rings is 1. The number of carbonyl (C=O) groups excluding carboxylic acids is 1. The molecule has 0 fully saturated rings. The molecule has 0 aliphatic carbocycles. The third kappa shape index (κ3) is 6.67. The molecular formula is C14H22N2O3. The molecule has 0 aromatic heterocycles. The fourth-order valence-corrected chi connectivity index (χ4v) is 1.55. The summed E-state index contributed by atoms with van der Waals surface area (Å²) in [5.41, 5.74) is 2.69. The molecule has 1 N–H and O–H groups in total. The number of ether oxygens (including phenoxy) is 2. The van der Waals surface area contributed by atoms with Gasteiger partial charge in [-0.2, -0.15) is 0 Å². The number of hydrogen-bond donors (Lipinski definition) is 1. The molecule has 0 bridgehead atoms. The Labute approximate surface area is 114 Å². The van der Waals surface area contributed by atoms with Crippen molar-refractivity contribution in [1.82, 2.24) is 10.4 Å². The Morgan fingerprint density at radius 1 is 1.26 bits per heavy atom. The molecule has 0 heterocycles. The monoisotopic (exact) mass is 266 g/mol. The third-order valence-electron chi connectivity index (χ3n) is 2.28. The van der Waals surface area contributed by atoms with E-state index in [2.05, 4.69) is 5.43 Å². The highest BCUT2D eigenvalue weighted by Gasteiger charge is 2.02. The SMILES string of the molecule is CCOc1cccc(OCCCC(=O)NN(C)C)c1. The van der Waals surface area contributed by atoms with Crippen LogP contribution in [0.15, 0.2) is 24.3 Å². The predicted molar refractivity (Wildman–Crippen MR) is 74.2 cm³/mol. The lowest BCUT2D eigenvalue weighted by Gasteiger charge is -2.12. The predicted octanol–water partition coefficient (Wildman–Crippen LogP) is 1.84. The molecule has 0 spiro atoms. The Morgan fingerprint density at radius 3 is 2.58 bits per heavy atom. The Morgan fingerprint density at radius 2 is 1.95 bits per heavy atom. The van der Waals surface area contributed by atoms with Gasteiger partial charge in [0.2, 0.25) is 5.91 Å². The van der Waals surface area contributed by atoms with Crippen LogP contribution in [0.3, 0.4) is 0 Å². The van der Waals surface area contributed by atoms with Gasteiger partial charge in [-0.15, -0.1) is 0 Å². The summed E-state index contributed by atoms with van der Waals surface area (Å²) in [7, 11) is 3.57. The van der Waals surface area contributed by atoms with E-state index in [1.54, 1.807) is 19.1 Å². The molecule has 1 aromatic rings. The zero-order valence-electron chi connectivity index (χ0n) is 11.8. The van der Waals surface area contributed by atoms with Crippen LogP contribution in [0.25, 0.3) is 0 Å². The van der Waals surface area contributed by atoms with Crippen molar-refractivity contribution in [3.05, 3.63) is 24.3 Å². The van der Waals surface area contributed by atoms with E-state index in [4.69, 9.17) is 9.47 Å². The Kier molecular flexibility index (Phi) is 6.74. The number of nitrogens with one attached hydrogen (secondary N) is 1. The van der Waals surface area contributed by atoms with Gasteiger partial charge in [-0.05, 0) is 25.5 Å². The van der Waals surface area contributed by atoms with Crippen molar-refractivity contribution >= 4 is 5.91 Å². The standard InChI is InChI=1S/C14H22N2O3/c1-4-18-12-7-5-8-13(11-12)19-10-6-9-14(17)15-16(2)3/h5,7-8,11H,4,6,9-10H2,1-3H3,(H,15,17). The first kappa shape index (κ1) is 15.3. The highest BCUT2D eigenvalue weighted by molar-refractivity contribution is 5.75. The van der Waals surface area contributed by atoms with Crippen LogP contribution in [0.2, 0.25) is 0 Å². The van der Waals surface area contributed by atoms with Crippen LogP contribution in [0, 0.1) is 0 Å². The highest BCUT2D eigenvalue weighted by atomic mass is 16.5. The Hall–Kier alpha value is -1.75. The molecule has 0 aliphatic rings. The van der Waals surface area contributed by atoms with Gasteiger partial charge in [0.15, 0.2) is 0 Å². The summed E-state index contributed by atoms with van der Waals surface area (Å²) in [4.78, 5) is 11.4. The van der Waals surface area contributed by atoms with E-state index < -0.39 is 0 Å². The molecule has 1 amide bonds. The summed E-state index contributed by atoms with van der Waals surface area (Å²) in [6.07, 6.45) is 1.13. The van der Waals surface area contributed by atoms with Crippen LogP contribution in [-0.2, 0) is 4.79 Å². The molecule has 0 unspecified atom stereocenters. The lowest BCUT2D eigenvalue weighted by atomic mass is 10.3. The zero-order chi connectivity index (χ0) is 14.1. The van der Waals surface area contributed by atoms with Crippen molar-refractivity contribution in [2.75, 3.05) is 27.3 Å². The van der Waals surface area contributed by atoms with E-state index in [-0.39, 0.29) is 5.91 Å². The quantitative estimate of drug-likeness (QED) is 0.576. The third-order valence-corrected chi connectivity index (χ3v) is 2.28. The van der Waals surface area contributed by atoms with Crippen molar-refractivity contribution in [2.24, 2.45) is 0 Å². The molecule has 1 aromatic carbocycles. The van der Waals surface area contributed by atoms with Gasteiger partial charge in [-0.3, -0.25) is 10.2 Å². The van der Waals surface area contributed by atoms with Crippen LogP contribution in [-0.4, -0.2) is 38.2 Å². The van der Waals surface area contributed by atoms with Gasteiger partial charge in [0.05, 0.1) is 13.2 Å². The van der Waals surface area contributed by atoms with Crippen LogP contribution >= 0.6 is 0 Å². The molecule has 0 saturated carbocycles. The zero-order valence-corrected chi connectivity index (χ0v) is 11.8. The second-order valence-electron chi connectivity index (χ2n) is 4.29. The van der Waals surface area contributed by atoms with Crippen LogP contribution < -0.4 is 14.9 Å². The molecule has 0 aliphatic heterocycles. The van der Waals surface area contributed by atoms with Gasteiger partial charge in [-0.1, -0.05) is 6.07 Å². The number of rotatable bonds is 8. The maximum atomic E-state index is 11.4. The van der Waals surface area contributed by atoms with E-state index >= 15 is 0 Å². The number of hydrogen-bond acceptors (Lipinski definition) is 4. The van der Waals surface area contributed by atoms with Gasteiger partial charge in [0.25, 0.3) is 0 Å². The van der Waals surface area contributed by atoms with Crippen molar-refractivity contribution in [3.8, 4) is 11.5 Å².